The highest BCUT2D eigenvalue weighted by Crippen LogP contribution is 2.29. The molecule has 0 bridgehead atoms. The fourth-order valence-electron chi connectivity index (χ4n) is 6.72. The number of carbonyl (C=O) groups is 4. The van der Waals surface area contributed by atoms with E-state index in [4.69, 9.17) is 39.3 Å². The van der Waals surface area contributed by atoms with Crippen LogP contribution in [0.1, 0.15) is 58.8 Å². The van der Waals surface area contributed by atoms with Gasteiger partial charge in [0.1, 0.15) is 13.5 Å². The van der Waals surface area contributed by atoms with E-state index in [0.717, 1.165) is 19.3 Å². The molecule has 0 spiro atoms. The van der Waals surface area contributed by atoms with Crippen molar-refractivity contribution in [1.29, 1.82) is 0 Å². The Bertz CT molecular complexity index is 1080. The Hall–Kier alpha value is -2.28. The smallest absolute Gasteiger partial charge is 0.246 e. The zero-order chi connectivity index (χ0) is 38.8. The number of nitrogens with zero attached hydrogens (tertiary/aromatic N) is 3. The molecule has 0 aromatic carbocycles. The maximum atomic E-state index is 13.7. The monoisotopic (exact) mass is 759 g/mol. The number of hydrogen-bond donors (Lipinski definition) is 1. The SMILES string of the molecule is [2H]NCCOCCOCCOCCOCCOCCOCCOCCOCCC(=O)N1CCC[C@@H]1C(=O)N1CCC[C@@H]1C(=O)N1CCC[C@@H]1C(=O)C(C)C. The summed E-state index contributed by atoms with van der Waals surface area (Å²) in [4.78, 5) is 58.2. The van der Waals surface area contributed by atoms with Crippen molar-refractivity contribution in [3.63, 3.8) is 0 Å². The summed E-state index contributed by atoms with van der Waals surface area (Å²) in [6.07, 6.45) is 4.27. The largest absolute Gasteiger partial charge is 0.379 e. The van der Waals surface area contributed by atoms with E-state index in [1.165, 1.54) is 0 Å². The van der Waals surface area contributed by atoms with E-state index in [9.17, 15) is 19.2 Å². The van der Waals surface area contributed by atoms with Crippen LogP contribution in [-0.4, -0.2) is 188 Å². The molecule has 3 heterocycles. The van der Waals surface area contributed by atoms with E-state index in [0.29, 0.717) is 145 Å². The van der Waals surface area contributed by atoms with E-state index >= 15 is 0 Å². The second-order valence-electron chi connectivity index (χ2n) is 13.6. The van der Waals surface area contributed by atoms with Crippen molar-refractivity contribution in [1.82, 2.24) is 14.7 Å². The van der Waals surface area contributed by atoms with Gasteiger partial charge in [0.05, 0.1) is 118 Å². The van der Waals surface area contributed by atoms with Crippen LogP contribution in [-0.2, 0) is 57.1 Å². The van der Waals surface area contributed by atoms with Crippen LogP contribution in [0.15, 0.2) is 0 Å². The molecule has 3 atom stereocenters. The van der Waals surface area contributed by atoms with Gasteiger partial charge in [-0.2, -0.15) is 0 Å². The lowest BCUT2D eigenvalue weighted by molar-refractivity contribution is -0.150. The number of Topliss-reactive ketones (excluding diaryl/α,β-unsaturated/α-hetero) is 1. The van der Waals surface area contributed by atoms with Crippen molar-refractivity contribution in [2.45, 2.75) is 76.9 Å². The normalized spacial score (nSPS) is 20.5. The number of amides is 3. The Morgan fingerprint density at radius 3 is 1.28 bits per heavy atom. The Morgan fingerprint density at radius 1 is 0.528 bits per heavy atom. The summed E-state index contributed by atoms with van der Waals surface area (Å²) < 4.78 is 50.5. The number of ketones is 1. The molecule has 3 fully saturated rings. The maximum absolute atomic E-state index is 13.7. The first kappa shape index (κ1) is 43.4. The van der Waals surface area contributed by atoms with Gasteiger partial charge in [-0.3, -0.25) is 19.2 Å². The third-order valence-electron chi connectivity index (χ3n) is 9.42. The summed E-state index contributed by atoms with van der Waals surface area (Å²) in [5.74, 6) is -0.489. The van der Waals surface area contributed by atoms with Crippen molar-refractivity contribution in [3.05, 3.63) is 0 Å². The topological polar surface area (TPSA) is 178 Å². The summed E-state index contributed by atoms with van der Waals surface area (Å²) >= 11 is 0. The van der Waals surface area contributed by atoms with Gasteiger partial charge in [0.2, 0.25) is 17.7 Å². The first-order valence-corrected chi connectivity index (χ1v) is 19.6. The second-order valence-corrected chi connectivity index (χ2v) is 13.6. The molecule has 2 N–H and O–H groups in total. The third-order valence-corrected chi connectivity index (χ3v) is 9.42. The Balaban J connectivity index is 1.13. The molecular formula is C37H66N4O12. The number of nitrogens with two attached hydrogens (primary N) is 1. The molecular weight excluding hydrogens is 692 g/mol. The van der Waals surface area contributed by atoms with Gasteiger partial charge in [-0.05, 0) is 38.5 Å². The summed E-state index contributed by atoms with van der Waals surface area (Å²) in [7, 11) is 0. The maximum Gasteiger partial charge on any atom is 0.246 e. The molecule has 0 unspecified atom stereocenters. The van der Waals surface area contributed by atoms with Gasteiger partial charge < -0.3 is 58.3 Å². The summed E-state index contributed by atoms with van der Waals surface area (Å²) in [5, 5.41) is 0. The van der Waals surface area contributed by atoms with Crippen LogP contribution in [0.25, 0.3) is 0 Å². The number of carbonyl (C=O) groups excluding carboxylic acids is 4. The average molecular weight is 760 g/mol. The van der Waals surface area contributed by atoms with Gasteiger partial charge in [0.15, 0.2) is 5.78 Å². The van der Waals surface area contributed by atoms with Crippen LogP contribution in [0.3, 0.4) is 0 Å². The number of rotatable bonds is 31. The molecule has 16 nitrogen and oxygen atoms in total. The van der Waals surface area contributed by atoms with Gasteiger partial charge in [-0.1, -0.05) is 13.8 Å². The molecule has 306 valence electrons. The molecule has 3 rings (SSSR count). The first-order valence-electron chi connectivity index (χ1n) is 20.1. The Labute approximate surface area is 316 Å². The van der Waals surface area contributed by atoms with Crippen LogP contribution < -0.4 is 5.73 Å². The molecule has 3 amide bonds. The zero-order valence-corrected chi connectivity index (χ0v) is 32.1. The highest BCUT2D eigenvalue weighted by Gasteiger charge is 2.45. The lowest BCUT2D eigenvalue weighted by atomic mass is 9.99. The van der Waals surface area contributed by atoms with Crippen molar-refractivity contribution in [2.75, 3.05) is 132 Å². The molecule has 0 aromatic heterocycles. The molecule has 16 heteroatoms. The number of hydrogen-bond acceptors (Lipinski definition) is 13. The number of likely N-dealkylation sites (tertiary alicyclic amines) is 3. The van der Waals surface area contributed by atoms with Crippen molar-refractivity contribution < 1.29 is 58.5 Å². The van der Waals surface area contributed by atoms with Crippen LogP contribution in [0, 0.1) is 5.92 Å². The predicted molar refractivity (Wildman–Crippen MR) is 194 cm³/mol. The van der Waals surface area contributed by atoms with Gasteiger partial charge in [-0.15, -0.1) is 0 Å². The van der Waals surface area contributed by atoms with E-state index in [1.807, 2.05) is 13.8 Å². The lowest BCUT2D eigenvalue weighted by Crippen LogP contribution is -2.55. The van der Waals surface area contributed by atoms with E-state index in [2.05, 4.69) is 5.73 Å². The Morgan fingerprint density at radius 2 is 0.868 bits per heavy atom. The fraction of sp³-hybridized carbons (Fsp3) is 0.892. The van der Waals surface area contributed by atoms with Gasteiger partial charge in [0, 0.05) is 32.1 Å². The minimum atomic E-state index is -0.571. The van der Waals surface area contributed by atoms with Gasteiger partial charge >= 0.3 is 0 Å². The molecule has 0 aliphatic carbocycles. The summed E-state index contributed by atoms with van der Waals surface area (Å²) in [6.45, 7) is 12.8. The van der Waals surface area contributed by atoms with Crippen LogP contribution >= 0.6 is 0 Å². The highest BCUT2D eigenvalue weighted by atomic mass is 16.6. The molecule has 53 heavy (non-hydrogen) atoms. The summed E-state index contributed by atoms with van der Waals surface area (Å²) in [6, 6.07) is -1.54. The van der Waals surface area contributed by atoms with Crippen molar-refractivity contribution >= 4 is 23.5 Å². The van der Waals surface area contributed by atoms with E-state index < -0.39 is 18.1 Å². The lowest BCUT2D eigenvalue weighted by Gasteiger charge is -2.34. The van der Waals surface area contributed by atoms with E-state index in [1.54, 1.807) is 14.7 Å². The minimum absolute atomic E-state index is 0.0790. The molecule has 3 aliphatic heterocycles. The first-order chi connectivity index (χ1) is 26.4. The van der Waals surface area contributed by atoms with Crippen LogP contribution in [0.4, 0.5) is 0 Å². The number of ether oxygens (including phenoxy) is 8. The molecule has 0 aromatic rings. The summed E-state index contributed by atoms with van der Waals surface area (Å²) in [5.41, 5.74) is 2.27. The zero-order valence-electron chi connectivity index (χ0n) is 33.1. The van der Waals surface area contributed by atoms with Crippen LogP contribution in [0.5, 0.6) is 0 Å². The molecule has 0 radical (unpaired) electrons. The molecule has 0 saturated carbocycles. The quantitative estimate of drug-likeness (QED) is 0.0977. The minimum Gasteiger partial charge on any atom is -0.379 e. The molecule has 3 saturated heterocycles. The average Bonchev–Trinajstić information content (AvgIpc) is 3.97. The fourth-order valence-corrected chi connectivity index (χ4v) is 6.72. The standard InChI is InChI=1S/C37H66N4O12/c1-30(2)35(43)31-6-3-12-40(31)37(45)33-8-5-13-41(33)36(44)32-7-4-11-39(32)34(42)9-14-46-16-18-48-20-22-50-24-26-52-28-29-53-27-25-51-23-21-49-19-17-47-15-10-38/h30-33H,3-29,38H2,1-2H3/t31-,32-,33-/m1/s1/i/hD. The van der Waals surface area contributed by atoms with Gasteiger partial charge in [0.25, 0.3) is 0 Å². The van der Waals surface area contributed by atoms with Gasteiger partial charge in [-0.25, -0.2) is 0 Å². The third kappa shape index (κ3) is 16.5. The van der Waals surface area contributed by atoms with Crippen LogP contribution in [0.2, 0.25) is 1.41 Å². The second kappa shape index (κ2) is 27.3. The van der Waals surface area contributed by atoms with Crippen molar-refractivity contribution in [3.8, 4) is 0 Å². The molecule has 3 aliphatic rings. The van der Waals surface area contributed by atoms with E-state index in [-0.39, 0.29) is 42.5 Å². The van der Waals surface area contributed by atoms with Crippen molar-refractivity contribution in [2.24, 2.45) is 11.6 Å². The Kier molecular flexibility index (Phi) is 22.4. The predicted octanol–water partition coefficient (Wildman–Crippen LogP) is 0.666. The highest BCUT2D eigenvalue weighted by molar-refractivity contribution is 5.96.